The number of fused-ring (bicyclic) bond motifs is 1. The Morgan fingerprint density at radius 1 is 1.20 bits per heavy atom. The molecule has 0 radical (unpaired) electrons. The van der Waals surface area contributed by atoms with Crippen LogP contribution in [-0.2, 0) is 11.8 Å². The minimum Gasteiger partial charge on any atom is -0.351 e. The largest absolute Gasteiger partial charge is 0.351 e. The lowest BCUT2D eigenvalue weighted by Gasteiger charge is -2.34. The Balaban J connectivity index is 1.91. The van der Waals surface area contributed by atoms with Crippen molar-refractivity contribution in [1.29, 1.82) is 5.26 Å². The number of hydrogen-bond donors (Lipinski definition) is 1. The number of aliphatic imine (C=N–C) groups is 1. The number of amides is 1. The van der Waals surface area contributed by atoms with E-state index in [1.807, 2.05) is 53.9 Å². The Bertz CT molecular complexity index is 1360. The maximum atomic E-state index is 14.7. The lowest BCUT2D eigenvalue weighted by molar-refractivity contribution is -0.114. The van der Waals surface area contributed by atoms with Gasteiger partial charge in [-0.05, 0) is 61.2 Å². The SMILES string of the molecule is C/C(=C(\N=C(N(C)C=O)N1CCC(N)CC1)c1ccc(C#N)c(F)c1)c1ccc2c(ccn2C)c1. The zero-order valence-electron chi connectivity index (χ0n) is 20.2. The molecule has 3 aromatic rings. The number of carbonyl (C=O) groups excluding carboxylic acids is 1. The molecule has 0 saturated carbocycles. The molecule has 180 valence electrons. The summed E-state index contributed by atoms with van der Waals surface area (Å²) in [5.41, 5.74) is 9.96. The minimum absolute atomic E-state index is 0.0318. The average Bonchev–Trinajstić information content (AvgIpc) is 3.24. The summed E-state index contributed by atoms with van der Waals surface area (Å²) in [7, 11) is 3.65. The fraction of sp³-hybridized carbons (Fsp3) is 0.296. The van der Waals surface area contributed by atoms with Crippen LogP contribution in [0.25, 0.3) is 22.2 Å². The molecule has 0 unspecified atom stereocenters. The second-order valence-corrected chi connectivity index (χ2v) is 8.93. The van der Waals surface area contributed by atoms with Crippen LogP contribution in [0.15, 0.2) is 53.7 Å². The number of piperidine rings is 1. The second-order valence-electron chi connectivity index (χ2n) is 8.93. The van der Waals surface area contributed by atoms with Gasteiger partial charge < -0.3 is 15.2 Å². The van der Waals surface area contributed by atoms with Crippen molar-refractivity contribution >= 4 is 34.5 Å². The van der Waals surface area contributed by atoms with Gasteiger partial charge in [0.25, 0.3) is 0 Å². The number of halogens is 1. The van der Waals surface area contributed by atoms with Crippen LogP contribution in [0.4, 0.5) is 4.39 Å². The monoisotopic (exact) mass is 472 g/mol. The van der Waals surface area contributed by atoms with Crippen molar-refractivity contribution < 1.29 is 9.18 Å². The number of aromatic nitrogens is 1. The topological polar surface area (TPSA) is 90.7 Å². The van der Waals surface area contributed by atoms with E-state index in [1.165, 1.54) is 17.0 Å². The van der Waals surface area contributed by atoms with Crippen molar-refractivity contribution in [2.24, 2.45) is 17.8 Å². The smallest absolute Gasteiger partial charge is 0.216 e. The molecule has 1 aliphatic rings. The summed E-state index contributed by atoms with van der Waals surface area (Å²) >= 11 is 0. The first kappa shape index (κ1) is 24.2. The molecule has 35 heavy (non-hydrogen) atoms. The number of likely N-dealkylation sites (tertiary alicyclic amines) is 1. The Morgan fingerprint density at radius 3 is 2.57 bits per heavy atom. The summed E-state index contributed by atoms with van der Waals surface area (Å²) in [4.78, 5) is 20.2. The van der Waals surface area contributed by atoms with E-state index in [1.54, 1.807) is 13.1 Å². The number of aryl methyl sites for hydroxylation is 1. The Hall–Kier alpha value is -3.96. The predicted octanol–water partition coefficient (Wildman–Crippen LogP) is 3.94. The summed E-state index contributed by atoms with van der Waals surface area (Å²) in [5.74, 6) is -0.134. The highest BCUT2D eigenvalue weighted by Gasteiger charge is 2.23. The molecule has 7 nitrogen and oxygen atoms in total. The van der Waals surface area contributed by atoms with E-state index >= 15 is 0 Å². The quantitative estimate of drug-likeness (QED) is 0.269. The average molecular weight is 473 g/mol. The van der Waals surface area contributed by atoms with Gasteiger partial charge in [0, 0.05) is 55.9 Å². The van der Waals surface area contributed by atoms with Crippen LogP contribution in [0.1, 0.15) is 36.5 Å². The number of hydrogen-bond acceptors (Lipinski definition) is 4. The molecule has 1 amide bonds. The third-order valence-electron chi connectivity index (χ3n) is 6.54. The number of benzene rings is 2. The van der Waals surface area contributed by atoms with Gasteiger partial charge in [-0.3, -0.25) is 9.69 Å². The first-order valence-electron chi connectivity index (χ1n) is 11.6. The third kappa shape index (κ3) is 4.96. The number of nitriles is 1. The molecule has 2 heterocycles. The molecule has 2 aromatic carbocycles. The molecule has 0 aliphatic carbocycles. The number of nitrogens with two attached hydrogens (primary N) is 1. The minimum atomic E-state index is -0.613. The van der Waals surface area contributed by atoms with Gasteiger partial charge in [0.15, 0.2) is 0 Å². The van der Waals surface area contributed by atoms with Crippen molar-refractivity contribution in [2.75, 3.05) is 20.1 Å². The van der Waals surface area contributed by atoms with Gasteiger partial charge >= 0.3 is 0 Å². The summed E-state index contributed by atoms with van der Waals surface area (Å²) in [6, 6.07) is 14.6. The zero-order chi connectivity index (χ0) is 25.1. The Labute approximate surface area is 204 Å². The van der Waals surface area contributed by atoms with Crippen LogP contribution in [0, 0.1) is 17.1 Å². The van der Waals surface area contributed by atoms with E-state index in [2.05, 4.69) is 6.07 Å². The van der Waals surface area contributed by atoms with Crippen molar-refractivity contribution in [3.05, 3.63) is 71.2 Å². The number of rotatable bonds is 4. The van der Waals surface area contributed by atoms with Gasteiger partial charge in [-0.1, -0.05) is 12.1 Å². The van der Waals surface area contributed by atoms with Gasteiger partial charge in [-0.2, -0.15) is 5.26 Å². The predicted molar refractivity (Wildman–Crippen MR) is 137 cm³/mol. The Morgan fingerprint density at radius 2 is 1.91 bits per heavy atom. The van der Waals surface area contributed by atoms with Gasteiger partial charge in [-0.15, -0.1) is 0 Å². The third-order valence-corrected chi connectivity index (χ3v) is 6.54. The molecule has 1 aromatic heterocycles. The maximum Gasteiger partial charge on any atom is 0.216 e. The van der Waals surface area contributed by atoms with Crippen molar-refractivity contribution in [3.63, 3.8) is 0 Å². The molecular weight excluding hydrogens is 443 g/mol. The van der Waals surface area contributed by atoms with Crippen LogP contribution >= 0.6 is 0 Å². The second kappa shape index (κ2) is 10.1. The van der Waals surface area contributed by atoms with E-state index < -0.39 is 5.82 Å². The molecular formula is C27H29FN6O. The highest BCUT2D eigenvalue weighted by atomic mass is 19.1. The van der Waals surface area contributed by atoms with Gasteiger partial charge in [0.1, 0.15) is 11.9 Å². The fourth-order valence-corrected chi connectivity index (χ4v) is 4.39. The molecule has 1 saturated heterocycles. The molecule has 0 spiro atoms. The zero-order valence-corrected chi connectivity index (χ0v) is 20.2. The molecule has 1 fully saturated rings. The van der Waals surface area contributed by atoms with E-state index in [-0.39, 0.29) is 11.6 Å². The molecule has 0 atom stereocenters. The molecule has 8 heteroatoms. The maximum absolute atomic E-state index is 14.7. The fourth-order valence-electron chi connectivity index (χ4n) is 4.39. The number of nitrogens with zero attached hydrogens (tertiary/aromatic N) is 5. The van der Waals surface area contributed by atoms with Crippen molar-refractivity contribution in [1.82, 2.24) is 14.4 Å². The lowest BCUT2D eigenvalue weighted by atomic mass is 9.99. The van der Waals surface area contributed by atoms with Crippen LogP contribution in [0.3, 0.4) is 0 Å². The van der Waals surface area contributed by atoms with Crippen LogP contribution < -0.4 is 5.73 Å². The number of allylic oxidation sites excluding steroid dienone is 1. The van der Waals surface area contributed by atoms with Gasteiger partial charge in [0.05, 0.1) is 11.3 Å². The van der Waals surface area contributed by atoms with E-state index in [0.29, 0.717) is 30.3 Å². The standard InChI is InChI=1S/C27H29FN6O/c1-18(19-6-7-25-20(14-19)8-11-32(25)2)26(21-4-5-22(16-29)24(28)15-21)31-27(33(3)17-35)34-12-9-23(30)10-13-34/h4-8,11,14-15,17,23H,9-10,12-13,30H2,1-3H3/b26-18+,31-27?. The van der Waals surface area contributed by atoms with E-state index in [9.17, 15) is 14.4 Å². The summed E-state index contributed by atoms with van der Waals surface area (Å²) in [6.45, 7) is 3.27. The summed E-state index contributed by atoms with van der Waals surface area (Å²) in [6.07, 6.45) is 4.30. The van der Waals surface area contributed by atoms with Crippen molar-refractivity contribution in [3.8, 4) is 6.07 Å². The first-order chi connectivity index (χ1) is 16.8. The molecule has 2 N–H and O–H groups in total. The number of guanidine groups is 1. The molecule has 0 bridgehead atoms. The van der Waals surface area contributed by atoms with Crippen molar-refractivity contribution in [2.45, 2.75) is 25.8 Å². The van der Waals surface area contributed by atoms with Gasteiger partial charge in [-0.25, -0.2) is 9.38 Å². The van der Waals surface area contributed by atoms with Crippen LogP contribution in [0.5, 0.6) is 0 Å². The van der Waals surface area contributed by atoms with Crippen LogP contribution in [-0.4, -0.2) is 52.9 Å². The normalized spacial score (nSPS) is 15.7. The van der Waals surface area contributed by atoms with Gasteiger partial charge in [0.2, 0.25) is 12.4 Å². The molecule has 1 aliphatic heterocycles. The lowest BCUT2D eigenvalue weighted by Crippen LogP contribution is -2.48. The van der Waals surface area contributed by atoms with Crippen LogP contribution in [0.2, 0.25) is 0 Å². The molecule has 4 rings (SSSR count). The highest BCUT2D eigenvalue weighted by Crippen LogP contribution is 2.31. The van der Waals surface area contributed by atoms with E-state index in [0.717, 1.165) is 41.3 Å². The van der Waals surface area contributed by atoms with E-state index in [4.69, 9.17) is 10.7 Å². The summed E-state index contributed by atoms with van der Waals surface area (Å²) < 4.78 is 16.7. The highest BCUT2D eigenvalue weighted by molar-refractivity contribution is 5.99. The first-order valence-corrected chi connectivity index (χ1v) is 11.6. The summed E-state index contributed by atoms with van der Waals surface area (Å²) in [5, 5.41) is 10.3. The number of carbonyl (C=O) groups is 1. The Kier molecular flexibility index (Phi) is 6.99.